The maximum absolute atomic E-state index is 13.0. The average Bonchev–Trinajstić information content (AvgIpc) is 2.87. The van der Waals surface area contributed by atoms with Crippen molar-refractivity contribution in [1.29, 1.82) is 5.26 Å². The molecule has 0 aliphatic heterocycles. The van der Waals surface area contributed by atoms with E-state index in [1.54, 1.807) is 0 Å². The molecule has 0 spiro atoms. The SMILES string of the molecule is CC(=O)Nc1c(C#C[Si](C)(C)C)c(C#N)nn1-c1c(Cl)cc(C(F)(F)F)cc1Cl. The fraction of sp³-hybridized carbons (Fsp3) is 0.278. The summed E-state index contributed by atoms with van der Waals surface area (Å²) < 4.78 is 40.1. The lowest BCUT2D eigenvalue weighted by atomic mass is 10.2. The first-order valence-electron chi connectivity index (χ1n) is 8.15. The smallest absolute Gasteiger partial charge is 0.310 e. The maximum Gasteiger partial charge on any atom is 0.416 e. The summed E-state index contributed by atoms with van der Waals surface area (Å²) in [6.45, 7) is 7.18. The van der Waals surface area contributed by atoms with Crippen LogP contribution in [0.25, 0.3) is 5.69 Å². The summed E-state index contributed by atoms with van der Waals surface area (Å²) in [7, 11) is -1.86. The van der Waals surface area contributed by atoms with Crippen LogP contribution in [0.3, 0.4) is 0 Å². The van der Waals surface area contributed by atoms with Gasteiger partial charge in [0.15, 0.2) is 11.5 Å². The van der Waals surface area contributed by atoms with Crippen molar-refractivity contribution in [3.63, 3.8) is 0 Å². The number of carbonyl (C=O) groups is 1. The molecular weight excluding hydrogens is 444 g/mol. The Morgan fingerprint density at radius 1 is 1.24 bits per heavy atom. The number of carbonyl (C=O) groups excluding carboxylic acids is 1. The first kappa shape index (κ1) is 22.8. The Bertz CT molecular complexity index is 1060. The van der Waals surface area contributed by atoms with Gasteiger partial charge < -0.3 is 5.32 Å². The highest BCUT2D eigenvalue weighted by atomic mass is 35.5. The zero-order valence-corrected chi connectivity index (χ0v) is 18.3. The van der Waals surface area contributed by atoms with Crippen LogP contribution in [0.5, 0.6) is 0 Å². The highest BCUT2D eigenvalue weighted by Gasteiger charge is 2.33. The van der Waals surface area contributed by atoms with Crippen LogP contribution in [0, 0.1) is 22.8 Å². The van der Waals surface area contributed by atoms with E-state index in [1.165, 1.54) is 6.92 Å². The third-order valence-electron chi connectivity index (χ3n) is 3.40. The van der Waals surface area contributed by atoms with Crippen molar-refractivity contribution < 1.29 is 18.0 Å². The Balaban J connectivity index is 2.83. The van der Waals surface area contributed by atoms with Crippen LogP contribution >= 0.6 is 23.2 Å². The number of nitrogens with zero attached hydrogens (tertiary/aromatic N) is 3. The molecule has 11 heteroatoms. The molecule has 1 N–H and O–H groups in total. The van der Waals surface area contributed by atoms with Crippen molar-refractivity contribution in [2.24, 2.45) is 0 Å². The van der Waals surface area contributed by atoms with Crippen LogP contribution in [-0.4, -0.2) is 23.8 Å². The Morgan fingerprint density at radius 2 is 1.79 bits per heavy atom. The minimum Gasteiger partial charge on any atom is -0.310 e. The normalized spacial score (nSPS) is 11.4. The van der Waals surface area contributed by atoms with E-state index in [9.17, 15) is 23.2 Å². The summed E-state index contributed by atoms with van der Waals surface area (Å²) in [4.78, 5) is 11.7. The number of halogens is 5. The summed E-state index contributed by atoms with van der Waals surface area (Å²) >= 11 is 12.1. The van der Waals surface area contributed by atoms with Crippen molar-refractivity contribution in [2.75, 3.05) is 5.32 Å². The molecule has 1 amide bonds. The number of anilines is 1. The molecule has 0 unspecified atom stereocenters. The van der Waals surface area contributed by atoms with Crippen LogP contribution in [0.1, 0.15) is 23.7 Å². The summed E-state index contributed by atoms with van der Waals surface area (Å²) in [5, 5.41) is 15.3. The van der Waals surface area contributed by atoms with Crippen LogP contribution in [0.4, 0.5) is 19.0 Å². The van der Waals surface area contributed by atoms with Crippen molar-refractivity contribution in [1.82, 2.24) is 9.78 Å². The monoisotopic (exact) mass is 458 g/mol. The van der Waals surface area contributed by atoms with Gasteiger partial charge in [0.05, 0.1) is 15.6 Å². The summed E-state index contributed by atoms with van der Waals surface area (Å²) in [6, 6.07) is 3.27. The molecule has 1 aromatic heterocycles. The molecule has 0 radical (unpaired) electrons. The molecular formula is C18H15Cl2F3N4OSi. The van der Waals surface area contributed by atoms with Crippen LogP contribution in [0.15, 0.2) is 12.1 Å². The number of hydrogen-bond acceptors (Lipinski definition) is 3. The Labute approximate surface area is 176 Å². The number of aromatic nitrogens is 2. The van der Waals surface area contributed by atoms with Crippen molar-refractivity contribution >= 4 is 43.0 Å². The molecule has 0 fully saturated rings. The van der Waals surface area contributed by atoms with Gasteiger partial charge in [0.1, 0.15) is 25.4 Å². The van der Waals surface area contributed by atoms with Crippen LogP contribution in [0.2, 0.25) is 29.7 Å². The molecule has 2 rings (SSSR count). The number of nitriles is 1. The highest BCUT2D eigenvalue weighted by molar-refractivity contribution is 6.83. The molecule has 0 bridgehead atoms. The van der Waals surface area contributed by atoms with Gasteiger partial charge in [-0.1, -0.05) is 48.8 Å². The number of amides is 1. The van der Waals surface area contributed by atoms with Gasteiger partial charge in [0, 0.05) is 6.92 Å². The first-order valence-corrected chi connectivity index (χ1v) is 12.4. The topological polar surface area (TPSA) is 70.7 Å². The second kappa shape index (κ2) is 8.11. The van der Waals surface area contributed by atoms with E-state index < -0.39 is 25.7 Å². The molecule has 0 saturated carbocycles. The van der Waals surface area contributed by atoms with E-state index in [1.807, 2.05) is 25.7 Å². The molecule has 5 nitrogen and oxygen atoms in total. The average molecular weight is 459 g/mol. The Hall–Kier alpha value is -2.46. The molecule has 152 valence electrons. The predicted octanol–water partition coefficient (Wildman–Crippen LogP) is 5.26. The van der Waals surface area contributed by atoms with Gasteiger partial charge in [-0.15, -0.1) is 5.54 Å². The van der Waals surface area contributed by atoms with Crippen molar-refractivity contribution in [3.8, 4) is 23.2 Å². The molecule has 0 aliphatic carbocycles. The molecule has 0 aliphatic rings. The van der Waals surface area contributed by atoms with Gasteiger partial charge in [-0.05, 0) is 12.1 Å². The number of benzene rings is 1. The summed E-state index contributed by atoms with van der Waals surface area (Å²) in [6.07, 6.45) is -4.65. The van der Waals surface area contributed by atoms with Crippen LogP contribution < -0.4 is 5.32 Å². The Kier molecular flexibility index (Phi) is 6.38. The van der Waals surface area contributed by atoms with E-state index >= 15 is 0 Å². The van der Waals surface area contributed by atoms with Crippen molar-refractivity contribution in [3.05, 3.63) is 39.0 Å². The second-order valence-electron chi connectivity index (χ2n) is 7.06. The largest absolute Gasteiger partial charge is 0.416 e. The summed E-state index contributed by atoms with van der Waals surface area (Å²) in [5.41, 5.74) is 1.94. The summed E-state index contributed by atoms with van der Waals surface area (Å²) in [5.74, 6) is 2.38. The maximum atomic E-state index is 13.0. The molecule has 2 aromatic rings. The van der Waals surface area contributed by atoms with Gasteiger partial charge in [-0.3, -0.25) is 4.79 Å². The van der Waals surface area contributed by atoms with Crippen LogP contribution in [-0.2, 0) is 11.0 Å². The number of alkyl halides is 3. The van der Waals surface area contributed by atoms with Crippen molar-refractivity contribution in [2.45, 2.75) is 32.7 Å². The first-order chi connectivity index (χ1) is 13.2. The highest BCUT2D eigenvalue weighted by Crippen LogP contribution is 2.39. The van der Waals surface area contributed by atoms with Gasteiger partial charge in [-0.25, -0.2) is 4.68 Å². The van der Waals surface area contributed by atoms with Gasteiger partial charge >= 0.3 is 6.18 Å². The quantitative estimate of drug-likeness (QED) is 0.492. The zero-order chi connectivity index (χ0) is 22.1. The van der Waals surface area contributed by atoms with Gasteiger partial charge in [-0.2, -0.15) is 23.5 Å². The molecule has 0 atom stereocenters. The van der Waals surface area contributed by atoms with E-state index in [0.717, 1.165) is 4.68 Å². The fourth-order valence-corrected chi connectivity index (χ4v) is 3.39. The number of hydrogen-bond donors (Lipinski definition) is 1. The third kappa shape index (κ3) is 5.33. The molecule has 0 saturated heterocycles. The Morgan fingerprint density at radius 3 is 2.21 bits per heavy atom. The van der Waals surface area contributed by atoms with E-state index in [0.29, 0.717) is 12.1 Å². The standard InChI is InChI=1S/C18H15Cl2F3N4OSi/c1-10(28)25-17-12(5-6-29(2,3)4)15(9-24)26-27(17)16-13(19)7-11(8-14(16)20)18(21,22)23/h7-8H,1-4H3,(H,25,28). The zero-order valence-electron chi connectivity index (χ0n) is 15.8. The lowest BCUT2D eigenvalue weighted by molar-refractivity contribution is -0.137. The van der Waals surface area contributed by atoms with E-state index in [4.69, 9.17) is 23.2 Å². The van der Waals surface area contributed by atoms with E-state index in [-0.39, 0.29) is 32.8 Å². The van der Waals surface area contributed by atoms with E-state index in [2.05, 4.69) is 21.9 Å². The predicted molar refractivity (Wildman–Crippen MR) is 108 cm³/mol. The fourth-order valence-electron chi connectivity index (χ4n) is 2.24. The minimum absolute atomic E-state index is 0.00311. The lowest BCUT2D eigenvalue weighted by Gasteiger charge is -2.14. The second-order valence-corrected chi connectivity index (χ2v) is 12.6. The van der Waals surface area contributed by atoms with Gasteiger partial charge in [0.2, 0.25) is 5.91 Å². The number of nitrogens with one attached hydrogen (secondary N) is 1. The molecule has 29 heavy (non-hydrogen) atoms. The minimum atomic E-state index is -4.65. The number of rotatable bonds is 2. The van der Waals surface area contributed by atoms with Gasteiger partial charge in [0.25, 0.3) is 0 Å². The lowest BCUT2D eigenvalue weighted by Crippen LogP contribution is -2.16. The molecule has 1 aromatic carbocycles. The third-order valence-corrected chi connectivity index (χ3v) is 4.86. The molecule has 1 heterocycles.